The standard InChI is InChI=1S/C9H13NO2/c1-6-10-8(9(2,3)4)7(5-11)12-6/h5H,1-4H3. The molecule has 3 heteroatoms. The van der Waals surface area contributed by atoms with E-state index in [1.165, 1.54) is 0 Å². The highest BCUT2D eigenvalue weighted by molar-refractivity contribution is 5.72. The predicted molar refractivity (Wildman–Crippen MR) is 45.3 cm³/mol. The van der Waals surface area contributed by atoms with E-state index in [0.29, 0.717) is 17.9 Å². The molecule has 0 N–H and O–H groups in total. The van der Waals surface area contributed by atoms with Crippen LogP contribution in [0.3, 0.4) is 0 Å². The zero-order chi connectivity index (χ0) is 9.35. The van der Waals surface area contributed by atoms with Gasteiger partial charge in [-0.15, -0.1) is 0 Å². The highest BCUT2D eigenvalue weighted by atomic mass is 16.4. The molecule has 0 saturated carbocycles. The molecular formula is C9H13NO2. The second-order valence-electron chi connectivity index (χ2n) is 3.81. The summed E-state index contributed by atoms with van der Waals surface area (Å²) in [5.41, 5.74) is 0.601. The average molecular weight is 167 g/mol. The summed E-state index contributed by atoms with van der Waals surface area (Å²) >= 11 is 0. The SMILES string of the molecule is Cc1nc(C(C)(C)C)c(C=O)o1. The molecule has 0 fully saturated rings. The van der Waals surface area contributed by atoms with Crippen LogP contribution in [0.2, 0.25) is 0 Å². The van der Waals surface area contributed by atoms with Crippen molar-refractivity contribution < 1.29 is 9.21 Å². The number of nitrogens with zero attached hydrogens (tertiary/aromatic N) is 1. The van der Waals surface area contributed by atoms with Crippen LogP contribution in [0, 0.1) is 6.92 Å². The number of hydrogen-bond acceptors (Lipinski definition) is 3. The Labute approximate surface area is 71.8 Å². The molecule has 1 heterocycles. The monoisotopic (exact) mass is 167 g/mol. The van der Waals surface area contributed by atoms with Gasteiger partial charge in [-0.1, -0.05) is 20.8 Å². The van der Waals surface area contributed by atoms with Crippen LogP contribution in [0.25, 0.3) is 0 Å². The second kappa shape index (κ2) is 2.73. The van der Waals surface area contributed by atoms with Crippen molar-refractivity contribution in [1.29, 1.82) is 0 Å². The molecule has 0 aliphatic rings. The Hall–Kier alpha value is -1.12. The fraction of sp³-hybridized carbons (Fsp3) is 0.556. The third-order valence-corrected chi connectivity index (χ3v) is 1.58. The van der Waals surface area contributed by atoms with Gasteiger partial charge in [0.25, 0.3) is 0 Å². The summed E-state index contributed by atoms with van der Waals surface area (Å²) in [6, 6.07) is 0. The molecule has 0 aliphatic heterocycles. The second-order valence-corrected chi connectivity index (χ2v) is 3.81. The van der Waals surface area contributed by atoms with Gasteiger partial charge in [-0.2, -0.15) is 0 Å². The summed E-state index contributed by atoms with van der Waals surface area (Å²) in [4.78, 5) is 14.7. The van der Waals surface area contributed by atoms with Crippen molar-refractivity contribution in [3.05, 3.63) is 17.3 Å². The van der Waals surface area contributed by atoms with E-state index < -0.39 is 0 Å². The third kappa shape index (κ3) is 1.55. The lowest BCUT2D eigenvalue weighted by Crippen LogP contribution is -2.13. The van der Waals surface area contributed by atoms with Crippen molar-refractivity contribution >= 4 is 6.29 Å². The minimum atomic E-state index is -0.131. The summed E-state index contributed by atoms with van der Waals surface area (Å²) in [5, 5.41) is 0. The lowest BCUT2D eigenvalue weighted by Gasteiger charge is -2.14. The zero-order valence-electron chi connectivity index (χ0n) is 7.84. The van der Waals surface area contributed by atoms with Crippen LogP contribution in [0.4, 0.5) is 0 Å². The number of aldehydes is 1. The molecule has 0 spiro atoms. The summed E-state index contributed by atoms with van der Waals surface area (Å²) in [6.45, 7) is 7.73. The van der Waals surface area contributed by atoms with Crippen LogP contribution in [0.1, 0.15) is 42.9 Å². The summed E-state index contributed by atoms with van der Waals surface area (Å²) in [6.07, 6.45) is 0.709. The van der Waals surface area contributed by atoms with Crippen LogP contribution in [0.5, 0.6) is 0 Å². The van der Waals surface area contributed by atoms with Gasteiger partial charge >= 0.3 is 0 Å². The normalized spacial score (nSPS) is 11.7. The minimum Gasteiger partial charge on any atom is -0.438 e. The van der Waals surface area contributed by atoms with Crippen molar-refractivity contribution in [1.82, 2.24) is 4.98 Å². The van der Waals surface area contributed by atoms with Gasteiger partial charge in [-0.05, 0) is 0 Å². The Bertz CT molecular complexity index is 294. The lowest BCUT2D eigenvalue weighted by molar-refractivity contribution is 0.109. The first kappa shape index (κ1) is 8.97. The molecule has 1 aromatic heterocycles. The summed E-state index contributed by atoms with van der Waals surface area (Å²) < 4.78 is 5.11. The summed E-state index contributed by atoms with van der Waals surface area (Å²) in [5.74, 6) is 0.891. The Morgan fingerprint density at radius 1 is 1.42 bits per heavy atom. The molecule has 0 amide bonds. The quantitative estimate of drug-likeness (QED) is 0.601. The number of carbonyl (C=O) groups is 1. The topological polar surface area (TPSA) is 43.1 Å². The third-order valence-electron chi connectivity index (χ3n) is 1.58. The van der Waals surface area contributed by atoms with Crippen molar-refractivity contribution in [3.63, 3.8) is 0 Å². The number of aryl methyl sites for hydroxylation is 1. The maximum Gasteiger partial charge on any atom is 0.192 e. The molecule has 0 aromatic carbocycles. The van der Waals surface area contributed by atoms with Crippen LogP contribution in [-0.4, -0.2) is 11.3 Å². The molecule has 3 nitrogen and oxygen atoms in total. The van der Waals surface area contributed by atoms with Gasteiger partial charge in [-0.25, -0.2) is 4.98 Å². The summed E-state index contributed by atoms with van der Waals surface area (Å²) in [7, 11) is 0. The highest BCUT2D eigenvalue weighted by Gasteiger charge is 2.23. The van der Waals surface area contributed by atoms with Crippen molar-refractivity contribution in [3.8, 4) is 0 Å². The average Bonchev–Trinajstić information content (AvgIpc) is 2.29. The van der Waals surface area contributed by atoms with Crippen LogP contribution < -0.4 is 0 Å². The first-order chi connectivity index (χ1) is 5.45. The maximum atomic E-state index is 10.6. The Morgan fingerprint density at radius 3 is 2.33 bits per heavy atom. The maximum absolute atomic E-state index is 10.6. The highest BCUT2D eigenvalue weighted by Crippen LogP contribution is 2.24. The van der Waals surface area contributed by atoms with E-state index in [-0.39, 0.29) is 5.41 Å². The molecule has 0 atom stereocenters. The van der Waals surface area contributed by atoms with Gasteiger partial charge in [0.05, 0.1) is 5.69 Å². The molecule has 0 aliphatic carbocycles. The fourth-order valence-corrected chi connectivity index (χ4v) is 1.06. The van der Waals surface area contributed by atoms with E-state index in [4.69, 9.17) is 4.42 Å². The van der Waals surface area contributed by atoms with E-state index in [0.717, 1.165) is 5.69 Å². The Balaban J connectivity index is 3.22. The molecular weight excluding hydrogens is 154 g/mol. The van der Waals surface area contributed by atoms with E-state index in [1.807, 2.05) is 20.8 Å². The lowest BCUT2D eigenvalue weighted by atomic mass is 9.91. The predicted octanol–water partition coefficient (Wildman–Crippen LogP) is 2.09. The molecule has 0 bridgehead atoms. The van der Waals surface area contributed by atoms with Gasteiger partial charge in [0.2, 0.25) is 0 Å². The van der Waals surface area contributed by atoms with Gasteiger partial charge in [0.15, 0.2) is 17.9 Å². The first-order valence-electron chi connectivity index (χ1n) is 3.88. The van der Waals surface area contributed by atoms with Crippen LogP contribution >= 0.6 is 0 Å². The zero-order valence-corrected chi connectivity index (χ0v) is 7.84. The smallest absolute Gasteiger partial charge is 0.192 e. The van der Waals surface area contributed by atoms with Crippen LogP contribution in [-0.2, 0) is 5.41 Å². The van der Waals surface area contributed by atoms with Gasteiger partial charge in [0, 0.05) is 12.3 Å². The Morgan fingerprint density at radius 2 is 2.00 bits per heavy atom. The van der Waals surface area contributed by atoms with E-state index in [1.54, 1.807) is 6.92 Å². The van der Waals surface area contributed by atoms with Gasteiger partial charge in [-0.3, -0.25) is 4.79 Å². The van der Waals surface area contributed by atoms with Gasteiger partial charge < -0.3 is 4.42 Å². The largest absolute Gasteiger partial charge is 0.438 e. The molecule has 0 radical (unpaired) electrons. The number of aromatic nitrogens is 1. The van der Waals surface area contributed by atoms with Crippen molar-refractivity contribution in [2.24, 2.45) is 0 Å². The molecule has 1 aromatic rings. The van der Waals surface area contributed by atoms with E-state index in [2.05, 4.69) is 4.98 Å². The van der Waals surface area contributed by atoms with Crippen molar-refractivity contribution in [2.45, 2.75) is 33.1 Å². The minimum absolute atomic E-state index is 0.131. The fourth-order valence-electron chi connectivity index (χ4n) is 1.06. The number of oxazole rings is 1. The molecule has 66 valence electrons. The number of rotatable bonds is 1. The van der Waals surface area contributed by atoms with E-state index >= 15 is 0 Å². The van der Waals surface area contributed by atoms with Gasteiger partial charge in [0.1, 0.15) is 0 Å². The molecule has 0 unspecified atom stereocenters. The van der Waals surface area contributed by atoms with Crippen LogP contribution in [0.15, 0.2) is 4.42 Å². The first-order valence-corrected chi connectivity index (χ1v) is 3.88. The molecule has 0 saturated heterocycles. The Kier molecular flexibility index (Phi) is 2.04. The number of hydrogen-bond donors (Lipinski definition) is 0. The molecule has 12 heavy (non-hydrogen) atoms. The van der Waals surface area contributed by atoms with E-state index in [9.17, 15) is 4.79 Å². The van der Waals surface area contributed by atoms with Crippen molar-refractivity contribution in [2.75, 3.05) is 0 Å². The number of carbonyl (C=O) groups excluding carboxylic acids is 1. The molecule has 1 rings (SSSR count).